The van der Waals surface area contributed by atoms with Crippen LogP contribution in [0.5, 0.6) is 5.75 Å². The van der Waals surface area contributed by atoms with Crippen LogP contribution in [0.15, 0.2) is 41.8 Å². The van der Waals surface area contributed by atoms with Crippen molar-refractivity contribution in [3.05, 3.63) is 52.2 Å². The van der Waals surface area contributed by atoms with Crippen LogP contribution in [0.4, 0.5) is 17.6 Å². The van der Waals surface area contributed by atoms with E-state index >= 15 is 0 Å². The minimum Gasteiger partial charge on any atom is -0.427 e. The molecule has 2 heterocycles. The molecular weight excluding hydrogens is 398 g/mol. The first-order valence-corrected chi connectivity index (χ1v) is 9.62. The van der Waals surface area contributed by atoms with Crippen molar-refractivity contribution in [2.75, 3.05) is 13.1 Å². The van der Waals surface area contributed by atoms with E-state index in [0.29, 0.717) is 25.9 Å². The van der Waals surface area contributed by atoms with Gasteiger partial charge < -0.3 is 14.7 Å². The Bertz CT molecular complexity index is 792. The van der Waals surface area contributed by atoms with Crippen molar-refractivity contribution in [3.8, 4) is 5.75 Å². The average Bonchev–Trinajstić information content (AvgIpc) is 3.22. The zero-order valence-corrected chi connectivity index (χ0v) is 15.5. The predicted octanol–water partition coefficient (Wildman–Crippen LogP) is 4.57. The summed E-state index contributed by atoms with van der Waals surface area (Å²) in [5.41, 5.74) is -0.194. The van der Waals surface area contributed by atoms with Crippen LogP contribution < -0.4 is 4.74 Å². The molecule has 28 heavy (non-hydrogen) atoms. The van der Waals surface area contributed by atoms with Gasteiger partial charge in [0, 0.05) is 18.0 Å². The van der Waals surface area contributed by atoms with Crippen molar-refractivity contribution in [1.82, 2.24) is 4.90 Å². The van der Waals surface area contributed by atoms with E-state index in [-0.39, 0.29) is 11.5 Å². The molecule has 1 unspecified atom stereocenters. The number of benzene rings is 1. The van der Waals surface area contributed by atoms with Gasteiger partial charge in [-0.1, -0.05) is 18.2 Å². The Balaban J connectivity index is 1.67. The number of para-hydroxylation sites is 1. The summed E-state index contributed by atoms with van der Waals surface area (Å²) >= 11 is 1.46. The molecule has 1 fully saturated rings. The van der Waals surface area contributed by atoms with Crippen LogP contribution >= 0.6 is 11.3 Å². The fourth-order valence-electron chi connectivity index (χ4n) is 3.20. The standard InChI is InChI=1S/C19H19F4NO3S/c20-18(21)19(22,23)27-14-5-2-1-4-13(14)17(26)24-9-7-12(8-10-24)16(25)15-6-3-11-28-15/h1-6,11-12,16,18,25H,7-10H2. The van der Waals surface area contributed by atoms with Gasteiger partial charge in [-0.05, 0) is 42.3 Å². The molecule has 1 aliphatic rings. The van der Waals surface area contributed by atoms with E-state index in [1.807, 2.05) is 17.5 Å². The lowest BCUT2D eigenvalue weighted by atomic mass is 9.90. The highest BCUT2D eigenvalue weighted by Gasteiger charge is 2.44. The average molecular weight is 417 g/mol. The minimum atomic E-state index is -4.69. The molecule has 0 saturated carbocycles. The number of aliphatic hydroxyl groups excluding tert-OH is 1. The summed E-state index contributed by atoms with van der Waals surface area (Å²) < 4.78 is 55.5. The Morgan fingerprint density at radius 2 is 1.86 bits per heavy atom. The number of thiophene rings is 1. The third-order valence-electron chi connectivity index (χ3n) is 4.73. The Labute approximate surface area is 163 Å². The van der Waals surface area contributed by atoms with Gasteiger partial charge in [-0.3, -0.25) is 4.79 Å². The Morgan fingerprint density at radius 1 is 1.18 bits per heavy atom. The van der Waals surface area contributed by atoms with Crippen molar-refractivity contribution < 1.29 is 32.2 Å². The lowest BCUT2D eigenvalue weighted by Gasteiger charge is -2.34. The third-order valence-corrected chi connectivity index (χ3v) is 5.67. The molecule has 1 aromatic carbocycles. The topological polar surface area (TPSA) is 49.8 Å². The number of halogens is 4. The second-order valence-corrected chi connectivity index (χ2v) is 7.53. The Kier molecular flexibility index (Phi) is 6.24. The molecule has 0 radical (unpaired) electrons. The molecular formula is C19H19F4NO3S. The highest BCUT2D eigenvalue weighted by molar-refractivity contribution is 7.10. The normalized spacial score (nSPS) is 17.0. The van der Waals surface area contributed by atoms with E-state index in [2.05, 4.69) is 4.74 Å². The van der Waals surface area contributed by atoms with Gasteiger partial charge in [-0.25, -0.2) is 0 Å². The maximum absolute atomic E-state index is 13.3. The first-order valence-electron chi connectivity index (χ1n) is 8.74. The smallest absolute Gasteiger partial charge is 0.427 e. The van der Waals surface area contributed by atoms with Gasteiger partial charge in [0.2, 0.25) is 0 Å². The van der Waals surface area contributed by atoms with Crippen LogP contribution in [0.1, 0.15) is 34.2 Å². The predicted molar refractivity (Wildman–Crippen MR) is 95.9 cm³/mol. The Morgan fingerprint density at radius 3 is 2.46 bits per heavy atom. The number of carbonyl (C=O) groups is 1. The van der Waals surface area contributed by atoms with Gasteiger partial charge in [0.25, 0.3) is 5.91 Å². The number of ether oxygens (including phenoxy) is 1. The summed E-state index contributed by atoms with van der Waals surface area (Å²) in [6.07, 6.45) is -8.22. The highest BCUT2D eigenvalue weighted by Crippen LogP contribution is 2.34. The number of alkyl halides is 4. The second-order valence-electron chi connectivity index (χ2n) is 6.55. The van der Waals surface area contributed by atoms with Crippen molar-refractivity contribution >= 4 is 17.2 Å². The van der Waals surface area contributed by atoms with Crippen LogP contribution in [-0.4, -0.2) is 41.5 Å². The largest absolute Gasteiger partial charge is 0.461 e. The van der Waals surface area contributed by atoms with Gasteiger partial charge in [-0.2, -0.15) is 17.6 Å². The number of carbonyl (C=O) groups excluding carboxylic acids is 1. The number of rotatable bonds is 6. The molecule has 0 aliphatic carbocycles. The summed E-state index contributed by atoms with van der Waals surface area (Å²) in [6, 6.07) is 8.82. The van der Waals surface area contributed by atoms with E-state index in [1.165, 1.54) is 34.4 Å². The van der Waals surface area contributed by atoms with Crippen LogP contribution in [0.3, 0.4) is 0 Å². The fraction of sp³-hybridized carbons (Fsp3) is 0.421. The van der Waals surface area contributed by atoms with Gasteiger partial charge in [0.15, 0.2) is 0 Å². The van der Waals surface area contributed by atoms with Gasteiger partial charge in [-0.15, -0.1) is 11.3 Å². The van der Waals surface area contributed by atoms with Gasteiger partial charge in [0.05, 0.1) is 11.7 Å². The maximum atomic E-state index is 13.3. The summed E-state index contributed by atoms with van der Waals surface area (Å²) in [5, 5.41) is 12.3. The molecule has 1 saturated heterocycles. The van der Waals surface area contributed by atoms with E-state index in [4.69, 9.17) is 0 Å². The van der Waals surface area contributed by atoms with Crippen molar-refractivity contribution in [2.24, 2.45) is 5.92 Å². The monoisotopic (exact) mass is 417 g/mol. The van der Waals surface area contributed by atoms with Gasteiger partial charge >= 0.3 is 12.5 Å². The molecule has 9 heteroatoms. The van der Waals surface area contributed by atoms with Crippen LogP contribution in [0.25, 0.3) is 0 Å². The molecule has 1 aromatic heterocycles. The van der Waals surface area contributed by atoms with E-state index in [1.54, 1.807) is 0 Å². The lowest BCUT2D eigenvalue weighted by Crippen LogP contribution is -2.40. The summed E-state index contributed by atoms with van der Waals surface area (Å²) in [7, 11) is 0. The second kappa shape index (κ2) is 8.48. The number of amides is 1. The molecule has 152 valence electrons. The number of hydrogen-bond acceptors (Lipinski definition) is 4. The van der Waals surface area contributed by atoms with Gasteiger partial charge in [0.1, 0.15) is 5.75 Å². The first kappa shape index (κ1) is 20.6. The molecule has 2 aromatic rings. The van der Waals surface area contributed by atoms with Crippen molar-refractivity contribution in [1.29, 1.82) is 0 Å². The molecule has 3 rings (SSSR count). The molecule has 0 bridgehead atoms. The summed E-state index contributed by atoms with van der Waals surface area (Å²) in [6.45, 7) is 0.650. The number of nitrogens with zero attached hydrogens (tertiary/aromatic N) is 1. The van der Waals surface area contributed by atoms with E-state index in [0.717, 1.165) is 10.9 Å². The summed E-state index contributed by atoms with van der Waals surface area (Å²) in [4.78, 5) is 15.1. The number of likely N-dealkylation sites (tertiary alicyclic amines) is 1. The van der Waals surface area contributed by atoms with Crippen LogP contribution in [-0.2, 0) is 0 Å². The zero-order valence-electron chi connectivity index (χ0n) is 14.7. The third kappa shape index (κ3) is 4.47. The maximum Gasteiger partial charge on any atom is 0.461 e. The molecule has 0 spiro atoms. The van der Waals surface area contributed by atoms with E-state index in [9.17, 15) is 27.5 Å². The molecule has 1 atom stereocenters. The molecule has 1 amide bonds. The van der Waals surface area contributed by atoms with Crippen molar-refractivity contribution in [2.45, 2.75) is 31.5 Å². The number of hydrogen-bond donors (Lipinski definition) is 1. The van der Waals surface area contributed by atoms with E-state index < -0.39 is 30.3 Å². The zero-order chi connectivity index (χ0) is 20.3. The fourth-order valence-corrected chi connectivity index (χ4v) is 4.01. The summed E-state index contributed by atoms with van der Waals surface area (Å²) in [5.74, 6) is -1.17. The van der Waals surface area contributed by atoms with Crippen molar-refractivity contribution in [3.63, 3.8) is 0 Å². The quantitative estimate of drug-likeness (QED) is 0.701. The Hall–Kier alpha value is -2.13. The number of piperidine rings is 1. The first-order chi connectivity index (χ1) is 13.3. The molecule has 1 N–H and O–H groups in total. The number of aliphatic hydroxyl groups is 1. The lowest BCUT2D eigenvalue weighted by molar-refractivity contribution is -0.253. The van der Waals surface area contributed by atoms with Crippen LogP contribution in [0, 0.1) is 5.92 Å². The SMILES string of the molecule is O=C(c1ccccc1OC(F)(F)C(F)F)N1CCC(C(O)c2cccs2)CC1. The molecule has 1 aliphatic heterocycles. The van der Waals surface area contributed by atoms with Crippen LogP contribution in [0.2, 0.25) is 0 Å². The molecule has 4 nitrogen and oxygen atoms in total. The highest BCUT2D eigenvalue weighted by atomic mass is 32.1. The minimum absolute atomic E-state index is 0.0163.